The highest BCUT2D eigenvalue weighted by atomic mass is 32.2. The van der Waals surface area contributed by atoms with Crippen molar-refractivity contribution < 1.29 is 27.1 Å². The van der Waals surface area contributed by atoms with Crippen LogP contribution in [-0.4, -0.2) is 49.2 Å². The van der Waals surface area contributed by atoms with Gasteiger partial charge in [0.05, 0.1) is 23.3 Å². The SMILES string of the molecule is COC(=O)Nc1ccc(S(=O)(=O)C(C)C)c(C2CCCN2C(=O)C(Nc2ccc3c(N)nccc3c2)c2ccccc2F)c1. The van der Waals surface area contributed by atoms with Crippen LogP contribution in [0.4, 0.5) is 26.4 Å². The molecule has 4 N–H and O–H groups in total. The number of ether oxygens (including phenoxy) is 1. The summed E-state index contributed by atoms with van der Waals surface area (Å²) >= 11 is 0. The van der Waals surface area contributed by atoms with Crippen molar-refractivity contribution in [3.8, 4) is 0 Å². The minimum absolute atomic E-state index is 0.0729. The molecule has 5 rings (SSSR count). The number of carbonyl (C=O) groups is 2. The summed E-state index contributed by atoms with van der Waals surface area (Å²) < 4.78 is 46.9. The van der Waals surface area contributed by atoms with E-state index in [0.29, 0.717) is 42.1 Å². The Hall–Kier alpha value is -4.71. The first-order chi connectivity index (χ1) is 21.0. The number of fused-ring (bicyclic) bond motifs is 1. The number of nitrogens with zero attached hydrogens (tertiary/aromatic N) is 2. The van der Waals surface area contributed by atoms with Crippen molar-refractivity contribution in [3.63, 3.8) is 0 Å². The average Bonchev–Trinajstić information content (AvgIpc) is 3.50. The third-order valence-corrected chi connectivity index (χ3v) is 10.1. The number of amides is 2. The largest absolute Gasteiger partial charge is 0.453 e. The van der Waals surface area contributed by atoms with Gasteiger partial charge in [-0.05, 0) is 86.2 Å². The Morgan fingerprint density at radius 2 is 1.82 bits per heavy atom. The van der Waals surface area contributed by atoms with Crippen molar-refractivity contribution in [2.24, 2.45) is 0 Å². The van der Waals surface area contributed by atoms with Crippen LogP contribution < -0.4 is 16.4 Å². The van der Waals surface area contributed by atoms with Crippen LogP contribution in [0.25, 0.3) is 10.8 Å². The fraction of sp³-hybridized carbons (Fsp3) is 0.281. The standard InChI is InChI=1S/C32H34FN5O5S/c1-19(2)44(41,42)28-13-11-22(37-32(40)43-3)18-25(28)27-9-6-16-38(27)31(39)29(24-7-4-5-8-26(24)33)36-21-10-12-23-20(17-21)14-15-35-30(23)34/h4-5,7-8,10-15,17-19,27,29,36H,6,9,16H2,1-3H3,(H2,34,35)(H,37,40). The van der Waals surface area contributed by atoms with Crippen molar-refractivity contribution in [1.82, 2.24) is 9.88 Å². The van der Waals surface area contributed by atoms with Gasteiger partial charge in [0.1, 0.15) is 17.7 Å². The molecule has 1 saturated heterocycles. The van der Waals surface area contributed by atoms with E-state index < -0.39 is 45.0 Å². The summed E-state index contributed by atoms with van der Waals surface area (Å²) in [6.45, 7) is 3.50. The lowest BCUT2D eigenvalue weighted by atomic mass is 10.0. The number of likely N-dealkylation sites (tertiary alicyclic amines) is 1. The number of nitrogen functional groups attached to an aromatic ring is 1. The predicted molar refractivity (Wildman–Crippen MR) is 167 cm³/mol. The molecule has 1 aromatic heterocycles. The molecule has 2 unspecified atom stereocenters. The Kier molecular flexibility index (Phi) is 8.73. The Labute approximate surface area is 255 Å². The minimum Gasteiger partial charge on any atom is -0.453 e. The summed E-state index contributed by atoms with van der Waals surface area (Å²) in [4.78, 5) is 32.2. The van der Waals surface area contributed by atoms with Gasteiger partial charge < -0.3 is 20.7 Å². The van der Waals surface area contributed by atoms with E-state index in [1.165, 1.54) is 25.3 Å². The number of methoxy groups -OCH3 is 1. The van der Waals surface area contributed by atoms with Crippen molar-refractivity contribution in [1.29, 1.82) is 0 Å². The van der Waals surface area contributed by atoms with Crippen molar-refractivity contribution in [2.75, 3.05) is 30.0 Å². The van der Waals surface area contributed by atoms with Gasteiger partial charge in [0, 0.05) is 35.1 Å². The molecule has 1 aliphatic rings. The number of hydrogen-bond donors (Lipinski definition) is 3. The number of benzene rings is 3. The second-order valence-corrected chi connectivity index (χ2v) is 13.4. The van der Waals surface area contributed by atoms with Crippen LogP contribution in [0.5, 0.6) is 0 Å². The summed E-state index contributed by atoms with van der Waals surface area (Å²) in [5.74, 6) is -0.617. The molecule has 1 fully saturated rings. The number of carbonyl (C=O) groups excluding carboxylic acids is 2. The monoisotopic (exact) mass is 619 g/mol. The van der Waals surface area contributed by atoms with E-state index in [4.69, 9.17) is 10.5 Å². The summed E-state index contributed by atoms with van der Waals surface area (Å²) in [6, 6.07) is 15.9. The number of aromatic nitrogens is 1. The van der Waals surface area contributed by atoms with Gasteiger partial charge in [0.25, 0.3) is 0 Å². The van der Waals surface area contributed by atoms with E-state index >= 15 is 4.39 Å². The number of halogens is 1. The van der Waals surface area contributed by atoms with Crippen molar-refractivity contribution >= 4 is 49.8 Å². The molecule has 0 spiro atoms. The molecule has 2 heterocycles. The second-order valence-electron chi connectivity index (χ2n) is 10.9. The molecule has 44 heavy (non-hydrogen) atoms. The van der Waals surface area contributed by atoms with E-state index in [1.807, 2.05) is 6.07 Å². The van der Waals surface area contributed by atoms with E-state index in [9.17, 15) is 18.0 Å². The zero-order chi connectivity index (χ0) is 31.6. The van der Waals surface area contributed by atoms with Gasteiger partial charge in [-0.25, -0.2) is 22.6 Å². The van der Waals surface area contributed by atoms with Crippen LogP contribution in [0, 0.1) is 5.82 Å². The number of anilines is 3. The van der Waals surface area contributed by atoms with Crippen LogP contribution in [0.15, 0.2) is 77.8 Å². The molecule has 0 bridgehead atoms. The van der Waals surface area contributed by atoms with Crippen LogP contribution >= 0.6 is 0 Å². The molecular formula is C32H34FN5O5S. The lowest BCUT2D eigenvalue weighted by molar-refractivity contribution is -0.133. The highest BCUT2D eigenvalue weighted by Crippen LogP contribution is 2.40. The highest BCUT2D eigenvalue weighted by Gasteiger charge is 2.38. The van der Waals surface area contributed by atoms with Gasteiger partial charge in [0.15, 0.2) is 9.84 Å². The fourth-order valence-electron chi connectivity index (χ4n) is 5.53. The lowest BCUT2D eigenvalue weighted by Crippen LogP contribution is -2.38. The highest BCUT2D eigenvalue weighted by molar-refractivity contribution is 7.92. The molecular weight excluding hydrogens is 585 g/mol. The van der Waals surface area contributed by atoms with E-state index in [0.717, 1.165) is 10.8 Å². The maximum absolute atomic E-state index is 15.3. The zero-order valence-electron chi connectivity index (χ0n) is 24.6. The van der Waals surface area contributed by atoms with Gasteiger partial charge in [-0.3, -0.25) is 10.1 Å². The molecule has 2 amide bonds. The van der Waals surface area contributed by atoms with E-state index in [-0.39, 0.29) is 10.5 Å². The third-order valence-electron chi connectivity index (χ3n) is 7.83. The first kappa shape index (κ1) is 30.7. The van der Waals surface area contributed by atoms with Gasteiger partial charge >= 0.3 is 6.09 Å². The van der Waals surface area contributed by atoms with Gasteiger partial charge in [-0.1, -0.05) is 18.2 Å². The lowest BCUT2D eigenvalue weighted by Gasteiger charge is -2.32. The van der Waals surface area contributed by atoms with Gasteiger partial charge in [0.2, 0.25) is 5.91 Å². The molecule has 3 aromatic carbocycles. The maximum atomic E-state index is 15.3. The minimum atomic E-state index is -3.77. The van der Waals surface area contributed by atoms with Crippen LogP contribution in [-0.2, 0) is 19.4 Å². The summed E-state index contributed by atoms with van der Waals surface area (Å²) in [5, 5.41) is 6.61. The Bertz CT molecular complexity index is 1830. The second kappa shape index (κ2) is 12.5. The molecule has 0 radical (unpaired) electrons. The predicted octanol–water partition coefficient (Wildman–Crippen LogP) is 5.83. The van der Waals surface area contributed by atoms with Crippen molar-refractivity contribution in [3.05, 3.63) is 89.9 Å². The van der Waals surface area contributed by atoms with Gasteiger partial charge in [-0.2, -0.15) is 0 Å². The number of pyridine rings is 1. The fourth-order valence-corrected chi connectivity index (χ4v) is 6.82. The number of hydrogen-bond acceptors (Lipinski definition) is 8. The molecule has 1 aliphatic heterocycles. The number of sulfone groups is 1. The Balaban J connectivity index is 1.57. The molecule has 10 nitrogen and oxygen atoms in total. The summed E-state index contributed by atoms with van der Waals surface area (Å²) in [5.41, 5.74) is 7.42. The molecule has 230 valence electrons. The smallest absolute Gasteiger partial charge is 0.411 e. The molecule has 2 atom stereocenters. The molecule has 4 aromatic rings. The topological polar surface area (TPSA) is 144 Å². The van der Waals surface area contributed by atoms with E-state index in [1.54, 1.807) is 67.4 Å². The van der Waals surface area contributed by atoms with Crippen LogP contribution in [0.2, 0.25) is 0 Å². The summed E-state index contributed by atoms with van der Waals surface area (Å²) in [6.07, 6.45) is 1.94. The third kappa shape index (κ3) is 6.02. The Morgan fingerprint density at radius 3 is 2.55 bits per heavy atom. The quantitative estimate of drug-likeness (QED) is 0.223. The van der Waals surface area contributed by atoms with E-state index in [2.05, 4.69) is 15.6 Å². The van der Waals surface area contributed by atoms with Crippen LogP contribution in [0.3, 0.4) is 0 Å². The average molecular weight is 620 g/mol. The zero-order valence-corrected chi connectivity index (χ0v) is 25.4. The molecule has 0 saturated carbocycles. The molecule has 0 aliphatic carbocycles. The first-order valence-corrected chi connectivity index (χ1v) is 15.7. The number of nitrogens with two attached hydrogens (primary N) is 1. The normalized spacial score (nSPS) is 15.8. The van der Waals surface area contributed by atoms with Crippen LogP contribution in [0.1, 0.15) is 49.9 Å². The molecule has 12 heteroatoms. The van der Waals surface area contributed by atoms with Crippen molar-refractivity contribution in [2.45, 2.75) is 48.9 Å². The number of rotatable bonds is 8. The first-order valence-electron chi connectivity index (χ1n) is 14.2. The number of nitrogens with one attached hydrogen (secondary N) is 2. The van der Waals surface area contributed by atoms with Gasteiger partial charge in [-0.15, -0.1) is 0 Å². The summed E-state index contributed by atoms with van der Waals surface area (Å²) in [7, 11) is -2.55. The maximum Gasteiger partial charge on any atom is 0.411 e. The Morgan fingerprint density at radius 1 is 1.07 bits per heavy atom.